The second-order valence-electron chi connectivity index (χ2n) is 7.88. The van der Waals surface area contributed by atoms with E-state index in [4.69, 9.17) is 18.9 Å². The molecule has 0 spiro atoms. The molecule has 1 aliphatic heterocycles. The van der Waals surface area contributed by atoms with Crippen LogP contribution in [-0.2, 0) is 22.5 Å². The number of aromatic nitrogens is 1. The maximum Gasteiger partial charge on any atom is 0.218 e. The van der Waals surface area contributed by atoms with E-state index in [0.29, 0.717) is 50.4 Å². The van der Waals surface area contributed by atoms with E-state index in [1.165, 1.54) is 5.56 Å². The maximum atomic E-state index is 6.02. The van der Waals surface area contributed by atoms with Gasteiger partial charge in [-0.3, -0.25) is 0 Å². The van der Waals surface area contributed by atoms with Crippen molar-refractivity contribution in [2.75, 3.05) is 26.4 Å². The summed E-state index contributed by atoms with van der Waals surface area (Å²) in [5, 5.41) is 0. The van der Waals surface area contributed by atoms with E-state index in [-0.39, 0.29) is 6.10 Å². The van der Waals surface area contributed by atoms with Gasteiger partial charge in [-0.25, -0.2) is 4.98 Å². The minimum Gasteiger partial charge on any atom is -0.489 e. The summed E-state index contributed by atoms with van der Waals surface area (Å²) in [7, 11) is 0. The summed E-state index contributed by atoms with van der Waals surface area (Å²) >= 11 is 0. The third-order valence-corrected chi connectivity index (χ3v) is 5.15. The number of aryl methyl sites for hydroxylation is 1. The van der Waals surface area contributed by atoms with Gasteiger partial charge in [-0.2, -0.15) is 0 Å². The molecule has 2 heterocycles. The van der Waals surface area contributed by atoms with E-state index < -0.39 is 0 Å². The average Bonchev–Trinajstić information content (AvgIpc) is 2.87. The highest BCUT2D eigenvalue weighted by molar-refractivity contribution is 5.44. The van der Waals surface area contributed by atoms with Crippen LogP contribution < -0.4 is 9.47 Å². The van der Waals surface area contributed by atoms with Crippen LogP contribution in [0.25, 0.3) is 0 Å². The van der Waals surface area contributed by atoms with Crippen LogP contribution in [0, 0.1) is 11.8 Å². The molecule has 1 fully saturated rings. The second kappa shape index (κ2) is 12.1. The summed E-state index contributed by atoms with van der Waals surface area (Å²) < 4.78 is 23.0. The Kier molecular flexibility index (Phi) is 8.35. The fourth-order valence-electron chi connectivity index (χ4n) is 3.43. The monoisotopic (exact) mass is 443 g/mol. The lowest BCUT2D eigenvalue weighted by Gasteiger charge is -2.22. The molecule has 1 saturated heterocycles. The van der Waals surface area contributed by atoms with E-state index in [1.807, 2.05) is 48.5 Å². The van der Waals surface area contributed by atoms with Gasteiger partial charge in [0.2, 0.25) is 5.88 Å². The predicted octanol–water partition coefficient (Wildman–Crippen LogP) is 4.81. The van der Waals surface area contributed by atoms with Crippen LogP contribution in [0.3, 0.4) is 0 Å². The molecule has 0 aliphatic carbocycles. The Bertz CT molecular complexity index is 1060. The molecule has 1 aliphatic rings. The lowest BCUT2D eigenvalue weighted by atomic mass is 10.1. The fourth-order valence-corrected chi connectivity index (χ4v) is 3.43. The van der Waals surface area contributed by atoms with Crippen molar-refractivity contribution < 1.29 is 18.9 Å². The highest BCUT2D eigenvalue weighted by atomic mass is 16.6. The van der Waals surface area contributed by atoms with Gasteiger partial charge in [0.05, 0.1) is 19.8 Å². The number of hydrogen-bond acceptors (Lipinski definition) is 5. The first kappa shape index (κ1) is 22.8. The Balaban J connectivity index is 1.50. The zero-order chi connectivity index (χ0) is 22.7. The molecule has 0 amide bonds. The Morgan fingerprint density at radius 1 is 0.939 bits per heavy atom. The van der Waals surface area contributed by atoms with E-state index in [0.717, 1.165) is 24.0 Å². The molecule has 1 aromatic heterocycles. The zero-order valence-corrected chi connectivity index (χ0v) is 19.0. The maximum absolute atomic E-state index is 6.02. The van der Waals surface area contributed by atoms with Crippen LogP contribution >= 0.6 is 0 Å². The number of hydrogen-bond donors (Lipinski definition) is 0. The molecule has 4 rings (SSSR count). The number of nitrogens with zero attached hydrogens (tertiary/aromatic N) is 1. The van der Waals surface area contributed by atoms with Gasteiger partial charge in [0.15, 0.2) is 0 Å². The van der Waals surface area contributed by atoms with Crippen molar-refractivity contribution in [3.63, 3.8) is 0 Å². The van der Waals surface area contributed by atoms with Gasteiger partial charge >= 0.3 is 0 Å². The molecule has 3 aromatic rings. The lowest BCUT2D eigenvalue weighted by molar-refractivity contribution is -0.102. The van der Waals surface area contributed by atoms with Crippen molar-refractivity contribution in [2.45, 2.75) is 32.5 Å². The van der Waals surface area contributed by atoms with E-state index in [9.17, 15) is 0 Å². The fraction of sp³-hybridized carbons (Fsp3) is 0.321. The summed E-state index contributed by atoms with van der Waals surface area (Å²) in [5.41, 5.74) is 3.95. The van der Waals surface area contributed by atoms with Crippen molar-refractivity contribution in [3.8, 4) is 23.5 Å². The Hall–Kier alpha value is -3.33. The normalized spacial score (nSPS) is 15.4. The van der Waals surface area contributed by atoms with Crippen molar-refractivity contribution in [2.24, 2.45) is 0 Å². The first-order valence-corrected chi connectivity index (χ1v) is 11.4. The van der Waals surface area contributed by atoms with E-state index in [1.54, 1.807) is 6.07 Å². The van der Waals surface area contributed by atoms with Gasteiger partial charge in [0, 0.05) is 17.7 Å². The summed E-state index contributed by atoms with van der Waals surface area (Å²) in [6, 6.07) is 22.0. The van der Waals surface area contributed by atoms with Gasteiger partial charge in [0.25, 0.3) is 0 Å². The summed E-state index contributed by atoms with van der Waals surface area (Å²) in [6.07, 6.45) is 2.10. The third kappa shape index (κ3) is 7.35. The molecule has 0 N–H and O–H groups in total. The van der Waals surface area contributed by atoms with Gasteiger partial charge in [-0.05, 0) is 35.6 Å². The molecule has 2 aromatic carbocycles. The first-order chi connectivity index (χ1) is 16.3. The van der Waals surface area contributed by atoms with Crippen LogP contribution in [0.1, 0.15) is 35.7 Å². The zero-order valence-electron chi connectivity index (χ0n) is 19.0. The van der Waals surface area contributed by atoms with Gasteiger partial charge in [-0.1, -0.05) is 61.7 Å². The van der Waals surface area contributed by atoms with E-state index >= 15 is 0 Å². The molecule has 33 heavy (non-hydrogen) atoms. The summed E-state index contributed by atoms with van der Waals surface area (Å²) in [6.45, 7) is 4.72. The molecular formula is C28H29NO4. The second-order valence-corrected chi connectivity index (χ2v) is 7.88. The van der Waals surface area contributed by atoms with Crippen LogP contribution in [0.2, 0.25) is 0 Å². The topological polar surface area (TPSA) is 49.8 Å². The molecule has 0 bridgehead atoms. The number of pyridine rings is 1. The molecule has 5 nitrogen and oxygen atoms in total. The Morgan fingerprint density at radius 3 is 2.55 bits per heavy atom. The van der Waals surface area contributed by atoms with Crippen molar-refractivity contribution >= 4 is 0 Å². The van der Waals surface area contributed by atoms with Crippen LogP contribution in [0.5, 0.6) is 11.6 Å². The van der Waals surface area contributed by atoms with Gasteiger partial charge in [-0.15, -0.1) is 0 Å². The largest absolute Gasteiger partial charge is 0.489 e. The quantitative estimate of drug-likeness (QED) is 0.468. The summed E-state index contributed by atoms with van der Waals surface area (Å²) in [5.74, 6) is 7.46. The molecule has 0 saturated carbocycles. The van der Waals surface area contributed by atoms with Crippen LogP contribution in [0.4, 0.5) is 0 Å². The smallest absolute Gasteiger partial charge is 0.218 e. The summed E-state index contributed by atoms with van der Waals surface area (Å²) in [4.78, 5) is 4.56. The minimum atomic E-state index is -0.106. The van der Waals surface area contributed by atoms with Crippen molar-refractivity contribution in [1.82, 2.24) is 4.98 Å². The standard InChI is InChI=1S/C28H29NO4/c1-2-6-22-9-11-23(12-10-22)13-14-25-17-26(32-19-24-7-4-3-5-8-24)18-28(29-25)33-21-27-20-30-15-16-31-27/h3-5,7-12,17-18,27H,2,6,15-16,19-21H2,1H3. The highest BCUT2D eigenvalue weighted by Gasteiger charge is 2.16. The highest BCUT2D eigenvalue weighted by Crippen LogP contribution is 2.21. The molecule has 1 atom stereocenters. The van der Waals surface area contributed by atoms with Gasteiger partial charge < -0.3 is 18.9 Å². The van der Waals surface area contributed by atoms with Crippen molar-refractivity contribution in [3.05, 3.63) is 89.1 Å². The lowest BCUT2D eigenvalue weighted by Crippen LogP contribution is -2.33. The number of ether oxygens (including phenoxy) is 4. The predicted molar refractivity (Wildman–Crippen MR) is 127 cm³/mol. The Labute approximate surface area is 195 Å². The molecule has 0 radical (unpaired) electrons. The molecule has 170 valence electrons. The average molecular weight is 444 g/mol. The SMILES string of the molecule is CCCc1ccc(C#Cc2cc(OCc3ccccc3)cc(OCC3COCCO3)n2)cc1. The number of benzene rings is 2. The Morgan fingerprint density at radius 2 is 1.79 bits per heavy atom. The third-order valence-electron chi connectivity index (χ3n) is 5.15. The van der Waals surface area contributed by atoms with Crippen LogP contribution in [0.15, 0.2) is 66.7 Å². The molecular weight excluding hydrogens is 414 g/mol. The molecule has 1 unspecified atom stereocenters. The minimum absolute atomic E-state index is 0.106. The van der Waals surface area contributed by atoms with Crippen molar-refractivity contribution in [1.29, 1.82) is 0 Å². The van der Waals surface area contributed by atoms with Gasteiger partial charge in [0.1, 0.15) is 30.8 Å². The van der Waals surface area contributed by atoms with Crippen LogP contribution in [-0.4, -0.2) is 37.5 Å². The van der Waals surface area contributed by atoms with E-state index in [2.05, 4.69) is 35.9 Å². The number of rotatable bonds is 8. The molecule has 5 heteroatoms. The first-order valence-electron chi connectivity index (χ1n) is 11.4.